The number of ether oxygens (including phenoxy) is 2. The Morgan fingerprint density at radius 1 is 1.26 bits per heavy atom. The van der Waals surface area contributed by atoms with E-state index in [1.165, 1.54) is 24.3 Å². The van der Waals surface area contributed by atoms with Gasteiger partial charge in [0.2, 0.25) is 5.79 Å². The number of rotatable bonds is 10. The van der Waals surface area contributed by atoms with Crippen molar-refractivity contribution in [1.82, 2.24) is 10.3 Å². The normalized spacial score (nSPS) is 16.9. The zero-order valence-corrected chi connectivity index (χ0v) is 22.8. The molecule has 0 aliphatic carbocycles. The number of aromatic nitrogens is 1. The largest absolute Gasteiger partial charge is 0.573 e. The highest BCUT2D eigenvalue weighted by atomic mass is 35.5. The van der Waals surface area contributed by atoms with Gasteiger partial charge in [-0.05, 0) is 37.4 Å². The Bertz CT molecular complexity index is 1350. The molecule has 3 aromatic rings. The summed E-state index contributed by atoms with van der Waals surface area (Å²) in [6, 6.07) is 8.11. The van der Waals surface area contributed by atoms with Gasteiger partial charge in [0.25, 0.3) is 5.91 Å². The molecule has 4 rings (SSSR count). The summed E-state index contributed by atoms with van der Waals surface area (Å²) in [6.45, 7) is 0.514. The zero-order valence-electron chi connectivity index (χ0n) is 20.4. The third-order valence-electron chi connectivity index (χ3n) is 5.62. The lowest BCUT2D eigenvalue weighted by molar-refractivity contribution is -0.274. The number of nitrogens with one attached hydrogen (secondary N) is 3. The maximum Gasteiger partial charge on any atom is 0.573 e. The van der Waals surface area contributed by atoms with Crippen molar-refractivity contribution in [2.45, 2.75) is 18.3 Å². The molecule has 6 N–H and O–H groups in total. The number of carbonyl (C=O) groups is 2. The summed E-state index contributed by atoms with van der Waals surface area (Å²) in [6.07, 6.45) is -6.16. The number of amides is 1. The van der Waals surface area contributed by atoms with Crippen LogP contribution in [0.25, 0.3) is 10.2 Å². The number of fused-ring (bicyclic) bond motifs is 2. The number of anilines is 3. The van der Waals surface area contributed by atoms with E-state index in [0.717, 1.165) is 17.4 Å². The minimum atomic E-state index is -4.85. The van der Waals surface area contributed by atoms with Crippen molar-refractivity contribution in [3.05, 3.63) is 42.0 Å². The highest BCUT2D eigenvalue weighted by Gasteiger charge is 2.52. The Morgan fingerprint density at radius 2 is 1.97 bits per heavy atom. The second-order valence-corrected chi connectivity index (χ2v) is 9.10. The van der Waals surface area contributed by atoms with Gasteiger partial charge in [-0.2, -0.15) is 0 Å². The van der Waals surface area contributed by atoms with Gasteiger partial charge >= 0.3 is 12.3 Å². The molecule has 0 spiro atoms. The molecule has 0 fully saturated rings. The first kappa shape index (κ1) is 32.0. The molecule has 0 saturated heterocycles. The van der Waals surface area contributed by atoms with E-state index in [1.807, 2.05) is 0 Å². The summed E-state index contributed by atoms with van der Waals surface area (Å²) in [5.74, 6) is -3.92. The van der Waals surface area contributed by atoms with E-state index in [4.69, 9.17) is 10.5 Å². The van der Waals surface area contributed by atoms with Crippen LogP contribution in [0.5, 0.6) is 5.75 Å². The number of carboxylic acid groups (broad SMARTS) is 1. The van der Waals surface area contributed by atoms with Crippen molar-refractivity contribution in [3.63, 3.8) is 0 Å². The number of primary amides is 1. The molecule has 1 aromatic heterocycles. The zero-order chi connectivity index (χ0) is 27.0. The SMILES string of the molecule is CNCCOC(C(N)=O)C1(Nc2nc3ccc(OC(F)(F)F)cc3s2)Nc2cc(C(=O)O)ccc2N1C.Cl.Cl. The summed E-state index contributed by atoms with van der Waals surface area (Å²) < 4.78 is 48.2. The monoisotopic (exact) mass is 612 g/mol. The van der Waals surface area contributed by atoms with Crippen LogP contribution in [0.15, 0.2) is 36.4 Å². The number of nitrogens with zero attached hydrogens (tertiary/aromatic N) is 2. The Hall–Kier alpha value is -3.24. The number of thiazole rings is 1. The number of alkyl halides is 3. The van der Waals surface area contributed by atoms with Crippen LogP contribution in [-0.4, -0.2) is 67.5 Å². The molecule has 1 aliphatic rings. The van der Waals surface area contributed by atoms with Crippen molar-refractivity contribution < 1.29 is 37.3 Å². The maximum atomic E-state index is 12.7. The molecule has 214 valence electrons. The first-order valence-corrected chi connectivity index (χ1v) is 11.6. The third kappa shape index (κ3) is 6.67. The fraction of sp³-hybridized carbons (Fsp3) is 0.318. The van der Waals surface area contributed by atoms with E-state index in [-0.39, 0.29) is 42.1 Å². The fourth-order valence-electron chi connectivity index (χ4n) is 3.97. The number of hydrogen-bond acceptors (Lipinski definition) is 10. The lowest BCUT2D eigenvalue weighted by atomic mass is 10.1. The Balaban J connectivity index is 0.00000267. The van der Waals surface area contributed by atoms with Crippen LogP contribution in [0, 0.1) is 0 Å². The van der Waals surface area contributed by atoms with Gasteiger partial charge in [-0.15, -0.1) is 38.0 Å². The van der Waals surface area contributed by atoms with E-state index in [9.17, 15) is 27.9 Å². The molecule has 2 aromatic carbocycles. The minimum Gasteiger partial charge on any atom is -0.478 e. The molecule has 39 heavy (non-hydrogen) atoms. The van der Waals surface area contributed by atoms with Crippen LogP contribution in [0.4, 0.5) is 29.7 Å². The molecule has 0 bridgehead atoms. The summed E-state index contributed by atoms with van der Waals surface area (Å²) >= 11 is 1.02. The van der Waals surface area contributed by atoms with Crippen LogP contribution < -0.4 is 31.3 Å². The molecule has 0 saturated carbocycles. The molecular weight excluding hydrogens is 588 g/mol. The van der Waals surface area contributed by atoms with E-state index in [1.54, 1.807) is 25.1 Å². The van der Waals surface area contributed by atoms with Crippen LogP contribution in [-0.2, 0) is 9.53 Å². The van der Waals surface area contributed by atoms with Gasteiger partial charge in [0, 0.05) is 19.7 Å². The fourth-order valence-corrected chi connectivity index (χ4v) is 4.92. The van der Waals surface area contributed by atoms with E-state index in [0.29, 0.717) is 28.1 Å². The number of carbonyl (C=O) groups excluding carboxylic acids is 1. The average Bonchev–Trinajstić information content (AvgIpc) is 3.32. The summed E-state index contributed by atoms with van der Waals surface area (Å²) in [5.41, 5.74) is 7.07. The summed E-state index contributed by atoms with van der Waals surface area (Å²) in [5, 5.41) is 18.8. The molecule has 1 aliphatic heterocycles. The van der Waals surface area contributed by atoms with Crippen molar-refractivity contribution in [2.75, 3.05) is 42.8 Å². The van der Waals surface area contributed by atoms with Crippen LogP contribution in [0.1, 0.15) is 10.4 Å². The van der Waals surface area contributed by atoms with Gasteiger partial charge in [0.05, 0.1) is 33.8 Å². The number of likely N-dealkylation sites (N-methyl/N-ethyl adjacent to an activating group) is 2. The Kier molecular flexibility index (Phi) is 10.1. The Labute approximate surface area is 236 Å². The first-order chi connectivity index (χ1) is 17.4. The second-order valence-electron chi connectivity index (χ2n) is 8.07. The van der Waals surface area contributed by atoms with Crippen LogP contribution >= 0.6 is 36.2 Å². The molecule has 2 atom stereocenters. The quantitative estimate of drug-likeness (QED) is 0.215. The molecule has 2 unspecified atom stereocenters. The first-order valence-electron chi connectivity index (χ1n) is 10.8. The van der Waals surface area contributed by atoms with Crippen molar-refractivity contribution in [2.24, 2.45) is 5.73 Å². The number of carboxylic acids is 1. The van der Waals surface area contributed by atoms with Gasteiger partial charge in [0.1, 0.15) is 5.75 Å². The van der Waals surface area contributed by atoms with Crippen molar-refractivity contribution in [1.29, 1.82) is 0 Å². The molecule has 0 radical (unpaired) electrons. The summed E-state index contributed by atoms with van der Waals surface area (Å²) in [7, 11) is 3.35. The van der Waals surface area contributed by atoms with E-state index < -0.39 is 35.9 Å². The number of halogens is 5. The van der Waals surface area contributed by atoms with Gasteiger partial charge in [-0.3, -0.25) is 4.79 Å². The van der Waals surface area contributed by atoms with Crippen LogP contribution in [0.3, 0.4) is 0 Å². The smallest absolute Gasteiger partial charge is 0.478 e. The number of benzene rings is 2. The van der Waals surface area contributed by atoms with Gasteiger partial charge in [0.15, 0.2) is 11.2 Å². The van der Waals surface area contributed by atoms with Gasteiger partial charge in [-0.25, -0.2) is 9.78 Å². The predicted molar refractivity (Wildman–Crippen MR) is 145 cm³/mol. The maximum absolute atomic E-state index is 12.7. The lowest BCUT2D eigenvalue weighted by Crippen LogP contribution is -2.67. The topological polar surface area (TPSA) is 151 Å². The van der Waals surface area contributed by atoms with E-state index in [2.05, 4.69) is 25.7 Å². The number of nitrogens with two attached hydrogens (primary N) is 1. The molecular formula is C22H25Cl2F3N6O5S. The standard InChI is InChI=1S/C22H23F3N6O5S.2ClH/c1-27-7-8-35-17(18(26)32)21(29-14-9-11(19(33)34)3-6-15(14)31(21)2)30-20-28-13-5-4-12(10-16(13)37-20)36-22(23,24)25;;/h3-6,9-10,17,27,29H,7-8H2,1-2H3,(H2,26,32)(H,28,30)(H,33,34);2*1H. The molecule has 1 amide bonds. The highest BCUT2D eigenvalue weighted by molar-refractivity contribution is 7.22. The Morgan fingerprint density at radius 3 is 2.59 bits per heavy atom. The lowest BCUT2D eigenvalue weighted by Gasteiger charge is -2.42. The van der Waals surface area contributed by atoms with Crippen molar-refractivity contribution >= 4 is 74.8 Å². The molecule has 17 heteroatoms. The molecule has 2 heterocycles. The van der Waals surface area contributed by atoms with Gasteiger partial charge in [-0.1, -0.05) is 11.3 Å². The molecule has 11 nitrogen and oxygen atoms in total. The summed E-state index contributed by atoms with van der Waals surface area (Å²) in [4.78, 5) is 30.2. The second kappa shape index (κ2) is 12.3. The van der Waals surface area contributed by atoms with Gasteiger partial charge < -0.3 is 41.2 Å². The third-order valence-corrected chi connectivity index (χ3v) is 6.56. The van der Waals surface area contributed by atoms with E-state index >= 15 is 0 Å². The average molecular weight is 613 g/mol. The highest BCUT2D eigenvalue weighted by Crippen LogP contribution is 2.43. The van der Waals surface area contributed by atoms with Crippen molar-refractivity contribution in [3.8, 4) is 5.75 Å². The predicted octanol–water partition coefficient (Wildman–Crippen LogP) is 3.45. The number of hydrogen-bond donors (Lipinski definition) is 5. The minimum absolute atomic E-state index is 0. The number of aromatic carboxylic acids is 1. The van der Waals surface area contributed by atoms with Crippen LogP contribution in [0.2, 0.25) is 0 Å².